The van der Waals surface area contributed by atoms with E-state index in [0.29, 0.717) is 19.1 Å². The maximum absolute atomic E-state index is 14.2. The Bertz CT molecular complexity index is 2450. The van der Waals surface area contributed by atoms with E-state index in [2.05, 4.69) is 84.1 Å². The quantitative estimate of drug-likeness (QED) is 0.0201. The molecule has 0 bridgehead atoms. The molecular weight excluding hydrogens is 1440 g/mol. The predicted octanol–water partition coefficient (Wildman–Crippen LogP) is -4.57. The molecule has 17 N–H and O–H groups in total. The minimum absolute atomic E-state index is 0.0100. The molecule has 3 aliphatic rings. The van der Waals surface area contributed by atoms with Gasteiger partial charge in [0, 0.05) is 84.6 Å². The molecule has 3 fully saturated rings. The number of carbonyl (C=O) groups is 8. The molecule has 15 atom stereocenters. The Morgan fingerprint density at radius 3 is 1.05 bits per heavy atom. The van der Waals surface area contributed by atoms with Gasteiger partial charge in [0.05, 0.1) is 132 Å². The first-order chi connectivity index (χ1) is 51.8. The normalized spacial score (nSPS) is 25.1. The SMILES string of the molecule is CC(=O)NC1C(OCCOCCOCCNC(=O)CCC(CCC(=O)NCCOCCOCCOC2OC(CO)C(O)C(O)C2NC(C)=O)(CCC(=O)NCCOCCOCCOC2OC(CO)C(O)C(O)C2NC(C)=O)NC(=O)CCCC(=O)NCC(C)(C)CC(C)(C)COC=CC(C)C)OC(CO)C(O)C1O. The monoisotopic (exact) mass is 1570 g/mol. The third-order valence-corrected chi connectivity index (χ3v) is 17.6. The van der Waals surface area contributed by atoms with E-state index in [1.165, 1.54) is 20.8 Å². The van der Waals surface area contributed by atoms with E-state index in [1.807, 2.05) is 6.08 Å². The Balaban J connectivity index is 1.66. The van der Waals surface area contributed by atoms with Gasteiger partial charge >= 0.3 is 0 Å². The van der Waals surface area contributed by atoms with Gasteiger partial charge in [-0.1, -0.05) is 41.5 Å². The summed E-state index contributed by atoms with van der Waals surface area (Å²) in [5, 5.41) is 113. The van der Waals surface area contributed by atoms with Crippen molar-refractivity contribution in [1.82, 2.24) is 42.5 Å². The minimum atomic E-state index is -1.48. The first-order valence-electron chi connectivity index (χ1n) is 37.4. The van der Waals surface area contributed by atoms with E-state index in [4.69, 9.17) is 61.6 Å². The fourth-order valence-corrected chi connectivity index (χ4v) is 12.2. The molecule has 38 nitrogen and oxygen atoms in total. The summed E-state index contributed by atoms with van der Waals surface area (Å²) in [5.41, 5.74) is -1.86. The highest BCUT2D eigenvalue weighted by molar-refractivity contribution is 5.81. The van der Waals surface area contributed by atoms with Crippen molar-refractivity contribution in [3.63, 3.8) is 0 Å². The van der Waals surface area contributed by atoms with Crippen molar-refractivity contribution in [3.8, 4) is 0 Å². The van der Waals surface area contributed by atoms with Gasteiger partial charge in [-0.15, -0.1) is 0 Å². The Hall–Kier alpha value is -5.54. The van der Waals surface area contributed by atoms with Gasteiger partial charge in [-0.2, -0.15) is 0 Å². The summed E-state index contributed by atoms with van der Waals surface area (Å²) < 4.78 is 73.2. The molecule has 109 heavy (non-hydrogen) atoms. The largest absolute Gasteiger partial charge is 0.501 e. The molecule has 15 unspecified atom stereocenters. The van der Waals surface area contributed by atoms with Gasteiger partial charge in [-0.25, -0.2) is 0 Å². The molecule has 3 saturated heterocycles. The summed E-state index contributed by atoms with van der Waals surface area (Å²) in [6, 6.07) is -3.37. The summed E-state index contributed by atoms with van der Waals surface area (Å²) in [7, 11) is 0. The maximum atomic E-state index is 14.2. The van der Waals surface area contributed by atoms with Crippen LogP contribution in [0.5, 0.6) is 0 Å². The fourth-order valence-electron chi connectivity index (χ4n) is 12.2. The first-order valence-corrected chi connectivity index (χ1v) is 37.4. The molecule has 3 heterocycles. The van der Waals surface area contributed by atoms with Crippen LogP contribution in [0.3, 0.4) is 0 Å². The van der Waals surface area contributed by atoms with E-state index in [-0.39, 0.29) is 193 Å². The van der Waals surface area contributed by atoms with Crippen LogP contribution < -0.4 is 42.5 Å². The molecule has 0 aromatic heterocycles. The van der Waals surface area contributed by atoms with E-state index < -0.39 is 159 Å². The Morgan fingerprint density at radius 2 is 0.725 bits per heavy atom. The minimum Gasteiger partial charge on any atom is -0.501 e. The zero-order chi connectivity index (χ0) is 81.0. The molecule has 0 spiro atoms. The average Bonchev–Trinajstić information content (AvgIpc) is 0.830. The third kappa shape index (κ3) is 40.2. The maximum Gasteiger partial charge on any atom is 0.220 e. The summed E-state index contributed by atoms with van der Waals surface area (Å²) in [6.07, 6.45) is -12.1. The van der Waals surface area contributed by atoms with Crippen molar-refractivity contribution >= 4 is 47.3 Å². The lowest BCUT2D eigenvalue weighted by Crippen LogP contribution is -2.64. The molecule has 0 aliphatic carbocycles. The zero-order valence-corrected chi connectivity index (χ0v) is 64.8. The summed E-state index contributed by atoms with van der Waals surface area (Å²) >= 11 is 0. The van der Waals surface area contributed by atoms with Crippen molar-refractivity contribution in [2.45, 2.75) is 224 Å². The predicted molar refractivity (Wildman–Crippen MR) is 385 cm³/mol. The number of amides is 8. The number of ether oxygens (including phenoxy) is 13. The van der Waals surface area contributed by atoms with Gasteiger partial charge in [-0.05, 0) is 54.9 Å². The molecule has 8 amide bonds. The van der Waals surface area contributed by atoms with E-state index >= 15 is 0 Å². The summed E-state index contributed by atoms with van der Waals surface area (Å²) in [5.74, 6) is -3.25. The molecule has 38 heteroatoms. The number of aliphatic hydroxyl groups excluding tert-OH is 9. The standard InChI is InChI=1S/C71H128N8O30/c1-45(2)16-23-103-44-70(8,9)42-69(6,7)43-75-52(86)11-10-12-56(90)79-71(17-13-53(87)72-20-24-97-27-30-100-33-36-104-66-57(76-46(3)83)63(94)60(91)49(39-80)107-66,18-14-54(88)73-21-25-98-28-31-101-34-37-105-67-58(77-47(4)84)64(95)61(92)50(40-81)108-67)19-15-55(89)74-22-26-99-29-32-102-35-38-106-68-59(78-48(5)85)65(96)62(93)51(41-82)109-68/h16,23,45,49-51,57-68,80-82,91-96H,10-15,17-22,24-44H2,1-9H3,(H,72,87)(H,73,88)(H,74,89)(H,75,86)(H,76,83)(H,77,84)(H,78,85)(H,79,90). The van der Waals surface area contributed by atoms with Crippen LogP contribution in [-0.4, -0.2) is 342 Å². The van der Waals surface area contributed by atoms with Crippen LogP contribution in [0, 0.1) is 16.7 Å². The van der Waals surface area contributed by atoms with Gasteiger partial charge in [0.15, 0.2) is 18.9 Å². The Morgan fingerprint density at radius 1 is 0.413 bits per heavy atom. The highest BCUT2D eigenvalue weighted by Gasteiger charge is 2.48. The summed E-state index contributed by atoms with van der Waals surface area (Å²) in [6.45, 7) is 16.0. The second-order valence-corrected chi connectivity index (χ2v) is 29.0. The van der Waals surface area contributed by atoms with Crippen LogP contribution in [0.15, 0.2) is 12.3 Å². The number of rotatable bonds is 58. The van der Waals surface area contributed by atoms with Crippen molar-refractivity contribution in [1.29, 1.82) is 0 Å². The van der Waals surface area contributed by atoms with Crippen molar-refractivity contribution in [2.24, 2.45) is 16.7 Å². The van der Waals surface area contributed by atoms with E-state index in [0.717, 1.165) is 6.42 Å². The molecular formula is C71H128N8O30. The van der Waals surface area contributed by atoms with Gasteiger partial charge in [0.25, 0.3) is 0 Å². The zero-order valence-electron chi connectivity index (χ0n) is 64.8. The highest BCUT2D eigenvalue weighted by atomic mass is 16.7. The number of allylic oxidation sites excluding steroid dienone is 1. The second-order valence-electron chi connectivity index (χ2n) is 29.0. The van der Waals surface area contributed by atoms with Crippen LogP contribution in [0.2, 0.25) is 0 Å². The number of hydrogen-bond donors (Lipinski definition) is 17. The van der Waals surface area contributed by atoms with Crippen LogP contribution in [0.1, 0.15) is 127 Å². The molecule has 632 valence electrons. The third-order valence-electron chi connectivity index (χ3n) is 17.6. The van der Waals surface area contributed by atoms with Gasteiger partial charge in [0.2, 0.25) is 47.3 Å². The van der Waals surface area contributed by atoms with Crippen LogP contribution in [0.25, 0.3) is 0 Å². The average molecular weight is 1570 g/mol. The Labute approximate surface area is 638 Å². The molecule has 3 aliphatic heterocycles. The Kier molecular flexibility index (Phi) is 47.9. The topological polar surface area (TPSA) is 535 Å². The van der Waals surface area contributed by atoms with Crippen LogP contribution in [0.4, 0.5) is 0 Å². The van der Waals surface area contributed by atoms with Crippen molar-refractivity contribution in [2.75, 3.05) is 152 Å². The molecule has 3 rings (SSSR count). The van der Waals surface area contributed by atoms with Crippen molar-refractivity contribution < 1.29 is 146 Å². The number of nitrogens with one attached hydrogen (secondary N) is 8. The van der Waals surface area contributed by atoms with Gasteiger partial charge in [-0.3, -0.25) is 38.4 Å². The van der Waals surface area contributed by atoms with Gasteiger partial charge < -0.3 is 150 Å². The van der Waals surface area contributed by atoms with Crippen LogP contribution in [-0.2, 0) is 99.9 Å². The first kappa shape index (κ1) is 97.7. The number of carbonyl (C=O) groups excluding carboxylic acids is 8. The number of aliphatic hydroxyl groups is 9. The van der Waals surface area contributed by atoms with E-state index in [9.17, 15) is 84.3 Å². The van der Waals surface area contributed by atoms with Crippen molar-refractivity contribution in [3.05, 3.63) is 12.3 Å². The molecule has 0 aromatic carbocycles. The van der Waals surface area contributed by atoms with Gasteiger partial charge in [0.1, 0.15) is 73.1 Å². The van der Waals surface area contributed by atoms with E-state index in [1.54, 1.807) is 6.26 Å². The summed E-state index contributed by atoms with van der Waals surface area (Å²) in [4.78, 5) is 104. The second kappa shape index (κ2) is 53.5. The molecule has 0 radical (unpaired) electrons. The van der Waals surface area contributed by atoms with Crippen LogP contribution >= 0.6 is 0 Å². The molecule has 0 saturated carbocycles. The number of hydrogen-bond acceptors (Lipinski definition) is 30. The highest BCUT2D eigenvalue weighted by Crippen LogP contribution is 2.34. The smallest absolute Gasteiger partial charge is 0.220 e. The lowest BCUT2D eigenvalue weighted by Gasteiger charge is -2.42. The lowest BCUT2D eigenvalue weighted by atomic mass is 9.75. The lowest BCUT2D eigenvalue weighted by molar-refractivity contribution is -0.272. The fraction of sp³-hybridized carbons (Fsp3) is 0.859. The molecule has 0 aromatic rings.